The molecular formula is C17H26N2O6S. The molecule has 1 aliphatic rings. The Hall–Kier alpha value is -2.16. The first-order valence-electron chi connectivity index (χ1n) is 8.37. The Balaban J connectivity index is 2.33. The van der Waals surface area contributed by atoms with E-state index in [1.807, 2.05) is 0 Å². The first-order valence-corrected chi connectivity index (χ1v) is 10.2. The summed E-state index contributed by atoms with van der Waals surface area (Å²) in [6.07, 6.45) is 5.06. The van der Waals surface area contributed by atoms with E-state index in [4.69, 9.17) is 14.2 Å². The molecule has 9 heteroatoms. The molecule has 0 heterocycles. The second kappa shape index (κ2) is 8.48. The van der Waals surface area contributed by atoms with E-state index in [2.05, 4.69) is 5.32 Å². The molecule has 0 bridgehead atoms. The maximum atomic E-state index is 12.4. The predicted octanol–water partition coefficient (Wildman–Crippen LogP) is 1.54. The van der Waals surface area contributed by atoms with Crippen LogP contribution in [0.4, 0.5) is 5.69 Å². The lowest BCUT2D eigenvalue weighted by atomic mass is 10.2. The Labute approximate surface area is 154 Å². The average Bonchev–Trinajstić information content (AvgIpc) is 3.10. The molecule has 1 N–H and O–H groups in total. The molecule has 2 rings (SSSR count). The van der Waals surface area contributed by atoms with Crippen LogP contribution in [-0.2, 0) is 14.8 Å². The maximum Gasteiger partial charge on any atom is 0.240 e. The summed E-state index contributed by atoms with van der Waals surface area (Å²) in [5.41, 5.74) is 0.267. The van der Waals surface area contributed by atoms with Crippen molar-refractivity contribution in [1.29, 1.82) is 0 Å². The monoisotopic (exact) mass is 386 g/mol. The number of hydrogen-bond donors (Lipinski definition) is 1. The molecule has 1 amide bonds. The smallest absolute Gasteiger partial charge is 0.240 e. The molecule has 0 unspecified atom stereocenters. The normalized spacial score (nSPS) is 14.8. The highest BCUT2D eigenvalue weighted by Gasteiger charge is 2.26. The van der Waals surface area contributed by atoms with Gasteiger partial charge in [-0.3, -0.25) is 9.10 Å². The minimum atomic E-state index is -3.70. The van der Waals surface area contributed by atoms with Crippen molar-refractivity contribution in [1.82, 2.24) is 5.32 Å². The Kier molecular flexibility index (Phi) is 6.57. The molecule has 146 valence electrons. The Morgan fingerprint density at radius 1 is 1.12 bits per heavy atom. The number of nitrogens with one attached hydrogen (secondary N) is 1. The Morgan fingerprint density at radius 3 is 2.08 bits per heavy atom. The van der Waals surface area contributed by atoms with Crippen molar-refractivity contribution >= 4 is 21.6 Å². The van der Waals surface area contributed by atoms with E-state index >= 15 is 0 Å². The predicted molar refractivity (Wildman–Crippen MR) is 98.7 cm³/mol. The fourth-order valence-electron chi connectivity index (χ4n) is 3.09. The molecular weight excluding hydrogens is 360 g/mol. The van der Waals surface area contributed by atoms with E-state index in [1.165, 1.54) is 33.5 Å². The minimum Gasteiger partial charge on any atom is -0.493 e. The van der Waals surface area contributed by atoms with Gasteiger partial charge in [0.05, 0.1) is 33.3 Å². The molecule has 0 spiro atoms. The number of hydrogen-bond acceptors (Lipinski definition) is 6. The molecule has 0 radical (unpaired) electrons. The number of anilines is 1. The van der Waals surface area contributed by atoms with E-state index in [1.54, 1.807) is 0 Å². The first kappa shape index (κ1) is 20.2. The summed E-state index contributed by atoms with van der Waals surface area (Å²) in [6, 6.07) is 3.13. The van der Waals surface area contributed by atoms with Gasteiger partial charge in [0.15, 0.2) is 11.5 Å². The third kappa shape index (κ3) is 4.72. The summed E-state index contributed by atoms with van der Waals surface area (Å²) >= 11 is 0. The van der Waals surface area contributed by atoms with Crippen LogP contribution in [0.3, 0.4) is 0 Å². The van der Waals surface area contributed by atoms with Crippen LogP contribution in [0.25, 0.3) is 0 Å². The van der Waals surface area contributed by atoms with Crippen LogP contribution in [0.1, 0.15) is 25.7 Å². The number of sulfonamides is 1. The summed E-state index contributed by atoms with van der Waals surface area (Å²) < 4.78 is 41.4. The Morgan fingerprint density at radius 2 is 1.65 bits per heavy atom. The molecule has 0 aromatic heterocycles. The van der Waals surface area contributed by atoms with Crippen LogP contribution in [0, 0.1) is 0 Å². The van der Waals surface area contributed by atoms with Crippen LogP contribution in [0.2, 0.25) is 0 Å². The number of amides is 1. The van der Waals surface area contributed by atoms with Crippen LogP contribution in [0.5, 0.6) is 17.2 Å². The van der Waals surface area contributed by atoms with Gasteiger partial charge in [0.2, 0.25) is 21.7 Å². The number of carbonyl (C=O) groups excluding carboxylic acids is 1. The summed E-state index contributed by atoms with van der Waals surface area (Å²) in [7, 11) is 0.652. The maximum absolute atomic E-state index is 12.4. The lowest BCUT2D eigenvalue weighted by Gasteiger charge is -2.24. The van der Waals surface area contributed by atoms with Gasteiger partial charge in [-0.1, -0.05) is 12.8 Å². The van der Waals surface area contributed by atoms with Crippen molar-refractivity contribution in [3.05, 3.63) is 12.1 Å². The number of carbonyl (C=O) groups is 1. The van der Waals surface area contributed by atoms with Crippen molar-refractivity contribution in [2.24, 2.45) is 0 Å². The standard InChI is InChI=1S/C17H26N2O6S/c1-23-14-9-13(10-15(24-2)17(14)25-3)19(26(4,21)22)11-16(20)18-12-7-5-6-8-12/h9-10,12H,5-8,11H2,1-4H3,(H,18,20). The quantitative estimate of drug-likeness (QED) is 0.728. The topological polar surface area (TPSA) is 94.2 Å². The number of benzene rings is 1. The summed E-state index contributed by atoms with van der Waals surface area (Å²) in [6.45, 7) is -0.312. The van der Waals surface area contributed by atoms with Crippen molar-refractivity contribution in [2.45, 2.75) is 31.7 Å². The molecule has 0 aliphatic heterocycles. The molecule has 0 atom stereocenters. The average molecular weight is 386 g/mol. The summed E-state index contributed by atoms with van der Waals surface area (Å²) in [4.78, 5) is 12.4. The number of nitrogens with zero attached hydrogens (tertiary/aromatic N) is 1. The molecule has 8 nitrogen and oxygen atoms in total. The largest absolute Gasteiger partial charge is 0.493 e. The molecule has 1 aliphatic carbocycles. The van der Waals surface area contributed by atoms with Gasteiger partial charge in [-0.15, -0.1) is 0 Å². The van der Waals surface area contributed by atoms with E-state index in [9.17, 15) is 13.2 Å². The minimum absolute atomic E-state index is 0.115. The van der Waals surface area contributed by atoms with Gasteiger partial charge in [0, 0.05) is 18.2 Å². The second-order valence-corrected chi connectivity index (χ2v) is 8.11. The molecule has 1 fully saturated rings. The first-order chi connectivity index (χ1) is 12.3. The fraction of sp³-hybridized carbons (Fsp3) is 0.588. The Bertz CT molecular complexity index is 719. The van der Waals surface area contributed by atoms with Gasteiger partial charge in [-0.2, -0.15) is 0 Å². The van der Waals surface area contributed by atoms with Gasteiger partial charge in [0.25, 0.3) is 0 Å². The van der Waals surface area contributed by atoms with Crippen LogP contribution >= 0.6 is 0 Å². The molecule has 1 aromatic carbocycles. The molecule has 26 heavy (non-hydrogen) atoms. The molecule has 1 aromatic rings. The van der Waals surface area contributed by atoms with Crippen LogP contribution in [-0.4, -0.2) is 54.5 Å². The van der Waals surface area contributed by atoms with Crippen LogP contribution < -0.4 is 23.8 Å². The van der Waals surface area contributed by atoms with Crippen molar-refractivity contribution in [3.63, 3.8) is 0 Å². The van der Waals surface area contributed by atoms with E-state index in [0.717, 1.165) is 36.2 Å². The van der Waals surface area contributed by atoms with Gasteiger partial charge >= 0.3 is 0 Å². The van der Waals surface area contributed by atoms with Gasteiger partial charge in [-0.05, 0) is 12.8 Å². The number of ether oxygens (including phenoxy) is 3. The SMILES string of the molecule is COc1cc(N(CC(=O)NC2CCCC2)S(C)(=O)=O)cc(OC)c1OC. The third-order valence-electron chi connectivity index (χ3n) is 4.35. The highest BCUT2D eigenvalue weighted by Crippen LogP contribution is 2.41. The van der Waals surface area contributed by atoms with Gasteiger partial charge in [0.1, 0.15) is 6.54 Å². The second-order valence-electron chi connectivity index (χ2n) is 6.20. The van der Waals surface area contributed by atoms with Gasteiger partial charge < -0.3 is 19.5 Å². The zero-order chi connectivity index (χ0) is 19.3. The van der Waals surface area contributed by atoms with E-state index < -0.39 is 10.0 Å². The molecule has 0 saturated heterocycles. The highest BCUT2D eigenvalue weighted by molar-refractivity contribution is 7.92. The third-order valence-corrected chi connectivity index (χ3v) is 5.49. The zero-order valence-corrected chi connectivity index (χ0v) is 16.4. The van der Waals surface area contributed by atoms with Crippen molar-refractivity contribution in [3.8, 4) is 17.2 Å². The lowest BCUT2D eigenvalue weighted by Crippen LogP contribution is -2.43. The lowest BCUT2D eigenvalue weighted by molar-refractivity contribution is -0.120. The van der Waals surface area contributed by atoms with E-state index in [0.29, 0.717) is 17.2 Å². The van der Waals surface area contributed by atoms with E-state index in [-0.39, 0.29) is 24.2 Å². The number of rotatable bonds is 8. The molecule has 1 saturated carbocycles. The zero-order valence-electron chi connectivity index (χ0n) is 15.6. The summed E-state index contributed by atoms with van der Waals surface area (Å²) in [5.74, 6) is 0.636. The number of methoxy groups -OCH3 is 3. The summed E-state index contributed by atoms with van der Waals surface area (Å²) in [5, 5.41) is 2.90. The van der Waals surface area contributed by atoms with Crippen molar-refractivity contribution in [2.75, 3.05) is 38.4 Å². The van der Waals surface area contributed by atoms with Crippen LogP contribution in [0.15, 0.2) is 12.1 Å². The van der Waals surface area contributed by atoms with Gasteiger partial charge in [-0.25, -0.2) is 8.42 Å². The highest BCUT2D eigenvalue weighted by atomic mass is 32.2. The fourth-order valence-corrected chi connectivity index (χ4v) is 3.93. The van der Waals surface area contributed by atoms with Crippen molar-refractivity contribution < 1.29 is 27.4 Å².